The number of piperidine rings is 1. The van der Waals surface area contributed by atoms with Crippen LogP contribution in [0.3, 0.4) is 0 Å². The molecule has 4 heteroatoms. The second-order valence-corrected chi connectivity index (χ2v) is 6.46. The third-order valence-corrected chi connectivity index (χ3v) is 3.94. The van der Waals surface area contributed by atoms with Crippen LogP contribution in [-0.4, -0.2) is 36.5 Å². The van der Waals surface area contributed by atoms with Gasteiger partial charge in [-0.15, -0.1) is 0 Å². The maximum absolute atomic E-state index is 12.5. The average Bonchev–Trinajstić information content (AvgIpc) is 2.52. The Hall–Kier alpha value is -1.84. The summed E-state index contributed by atoms with van der Waals surface area (Å²) in [4.78, 5) is 26.3. The maximum atomic E-state index is 12.5. The molecule has 1 heterocycles. The minimum absolute atomic E-state index is 0.0534. The van der Waals surface area contributed by atoms with Crippen molar-refractivity contribution in [2.24, 2.45) is 11.8 Å². The van der Waals surface area contributed by atoms with Crippen LogP contribution in [0, 0.1) is 18.8 Å². The van der Waals surface area contributed by atoms with Crippen LogP contribution >= 0.6 is 0 Å². The molecular formula is C18H25NO3. The van der Waals surface area contributed by atoms with E-state index in [1.807, 2.05) is 49.9 Å². The molecule has 120 valence electrons. The lowest BCUT2D eigenvalue weighted by molar-refractivity contribution is -0.151. The molecule has 22 heavy (non-hydrogen) atoms. The number of ether oxygens (including phenoxy) is 1. The Morgan fingerprint density at radius 1 is 1.27 bits per heavy atom. The Kier molecular flexibility index (Phi) is 5.58. The molecule has 0 atom stereocenters. The summed E-state index contributed by atoms with van der Waals surface area (Å²) in [5, 5.41) is 0. The maximum Gasteiger partial charge on any atom is 0.309 e. The molecule has 0 aromatic heterocycles. The number of esters is 1. The summed E-state index contributed by atoms with van der Waals surface area (Å²) in [6.45, 7) is 7.74. The highest BCUT2D eigenvalue weighted by atomic mass is 16.5. The second kappa shape index (κ2) is 7.43. The molecule has 0 bridgehead atoms. The van der Waals surface area contributed by atoms with Gasteiger partial charge in [-0.05, 0) is 37.8 Å². The monoisotopic (exact) mass is 303 g/mol. The Bertz CT molecular complexity index is 531. The molecule has 0 saturated carbocycles. The highest BCUT2D eigenvalue weighted by Gasteiger charge is 2.28. The molecule has 4 nitrogen and oxygen atoms in total. The molecule has 2 rings (SSSR count). The summed E-state index contributed by atoms with van der Waals surface area (Å²) in [5.74, 6) is 0.223. The number of nitrogens with zero attached hydrogens (tertiary/aromatic N) is 1. The van der Waals surface area contributed by atoms with Gasteiger partial charge in [0, 0.05) is 18.7 Å². The van der Waals surface area contributed by atoms with E-state index in [2.05, 4.69) is 0 Å². The fraction of sp³-hybridized carbons (Fsp3) is 0.556. The smallest absolute Gasteiger partial charge is 0.309 e. The lowest BCUT2D eigenvalue weighted by Crippen LogP contribution is -2.40. The van der Waals surface area contributed by atoms with Crippen LogP contribution in [0.25, 0.3) is 0 Å². The Balaban J connectivity index is 1.86. The van der Waals surface area contributed by atoms with E-state index in [1.165, 1.54) is 0 Å². The lowest BCUT2D eigenvalue weighted by Gasteiger charge is -2.31. The average molecular weight is 303 g/mol. The highest BCUT2D eigenvalue weighted by Crippen LogP contribution is 2.21. The van der Waals surface area contributed by atoms with Crippen molar-refractivity contribution in [1.29, 1.82) is 0 Å². The number of likely N-dealkylation sites (tertiary alicyclic amines) is 1. The summed E-state index contributed by atoms with van der Waals surface area (Å²) >= 11 is 0. The number of amides is 1. The summed E-state index contributed by atoms with van der Waals surface area (Å²) in [7, 11) is 0. The molecular weight excluding hydrogens is 278 g/mol. The van der Waals surface area contributed by atoms with Crippen molar-refractivity contribution in [2.45, 2.75) is 33.6 Å². The fourth-order valence-electron chi connectivity index (χ4n) is 2.65. The van der Waals surface area contributed by atoms with Crippen molar-refractivity contribution < 1.29 is 14.3 Å². The van der Waals surface area contributed by atoms with E-state index in [0.29, 0.717) is 38.5 Å². The van der Waals surface area contributed by atoms with E-state index in [9.17, 15) is 9.59 Å². The van der Waals surface area contributed by atoms with Gasteiger partial charge in [0.1, 0.15) is 0 Å². The molecule has 1 aromatic carbocycles. The summed E-state index contributed by atoms with van der Waals surface area (Å²) in [6.07, 6.45) is 1.38. The molecule has 1 fully saturated rings. The van der Waals surface area contributed by atoms with Gasteiger partial charge in [0.15, 0.2) is 0 Å². The molecule has 1 aliphatic heterocycles. The van der Waals surface area contributed by atoms with Crippen molar-refractivity contribution in [2.75, 3.05) is 19.7 Å². The van der Waals surface area contributed by atoms with Crippen LogP contribution in [0.5, 0.6) is 0 Å². The van der Waals surface area contributed by atoms with E-state index in [1.54, 1.807) is 0 Å². The van der Waals surface area contributed by atoms with Crippen LogP contribution in [0.4, 0.5) is 0 Å². The number of hydrogen-bond donors (Lipinski definition) is 0. The number of carbonyl (C=O) groups is 2. The first-order valence-corrected chi connectivity index (χ1v) is 8.00. The number of rotatable bonds is 4. The first kappa shape index (κ1) is 16.5. The Labute approximate surface area is 132 Å². The molecule has 1 saturated heterocycles. The largest absolute Gasteiger partial charge is 0.465 e. The van der Waals surface area contributed by atoms with Gasteiger partial charge in [0.05, 0.1) is 12.5 Å². The van der Waals surface area contributed by atoms with Gasteiger partial charge < -0.3 is 9.64 Å². The van der Waals surface area contributed by atoms with Crippen LogP contribution in [0.15, 0.2) is 24.3 Å². The summed E-state index contributed by atoms with van der Waals surface area (Å²) in [5.41, 5.74) is 1.80. The van der Waals surface area contributed by atoms with Gasteiger partial charge in [-0.2, -0.15) is 0 Å². The van der Waals surface area contributed by atoms with Crippen molar-refractivity contribution in [3.8, 4) is 0 Å². The first-order chi connectivity index (χ1) is 10.5. The van der Waals surface area contributed by atoms with E-state index in [4.69, 9.17) is 4.74 Å². The highest BCUT2D eigenvalue weighted by molar-refractivity contribution is 5.94. The lowest BCUT2D eigenvalue weighted by atomic mass is 9.96. The molecule has 1 aliphatic rings. The second-order valence-electron chi connectivity index (χ2n) is 6.46. The van der Waals surface area contributed by atoms with Gasteiger partial charge in [-0.3, -0.25) is 9.59 Å². The van der Waals surface area contributed by atoms with Gasteiger partial charge in [0.25, 0.3) is 5.91 Å². The topological polar surface area (TPSA) is 46.6 Å². The molecule has 0 aliphatic carbocycles. The van der Waals surface area contributed by atoms with Crippen molar-refractivity contribution in [3.05, 3.63) is 35.4 Å². The van der Waals surface area contributed by atoms with Crippen molar-refractivity contribution >= 4 is 11.9 Å². The van der Waals surface area contributed by atoms with E-state index in [0.717, 1.165) is 11.1 Å². The molecule has 0 radical (unpaired) electrons. The number of benzene rings is 1. The minimum Gasteiger partial charge on any atom is -0.465 e. The zero-order chi connectivity index (χ0) is 16.1. The molecule has 1 amide bonds. The zero-order valence-corrected chi connectivity index (χ0v) is 13.7. The SMILES string of the molecule is Cc1cccc(C(=O)N2CCC(C(=O)OCC(C)C)CC2)c1. The van der Waals surface area contributed by atoms with Crippen LogP contribution < -0.4 is 0 Å². The predicted molar refractivity (Wildman–Crippen MR) is 85.6 cm³/mol. The van der Waals surface area contributed by atoms with E-state index < -0.39 is 0 Å². The van der Waals surface area contributed by atoms with E-state index >= 15 is 0 Å². The predicted octanol–water partition coefficient (Wildman–Crippen LogP) is 3.05. The quantitative estimate of drug-likeness (QED) is 0.803. The Morgan fingerprint density at radius 2 is 1.95 bits per heavy atom. The third-order valence-electron chi connectivity index (χ3n) is 3.94. The van der Waals surface area contributed by atoms with Gasteiger partial charge in [0.2, 0.25) is 0 Å². The number of carbonyl (C=O) groups excluding carboxylic acids is 2. The summed E-state index contributed by atoms with van der Waals surface area (Å²) < 4.78 is 5.30. The third kappa shape index (κ3) is 4.33. The van der Waals surface area contributed by atoms with Crippen LogP contribution in [0.1, 0.15) is 42.6 Å². The fourth-order valence-corrected chi connectivity index (χ4v) is 2.65. The number of aryl methyl sites for hydroxylation is 1. The zero-order valence-electron chi connectivity index (χ0n) is 13.7. The minimum atomic E-state index is -0.114. The van der Waals surface area contributed by atoms with Gasteiger partial charge >= 0.3 is 5.97 Å². The van der Waals surface area contributed by atoms with Gasteiger partial charge in [-0.25, -0.2) is 0 Å². The normalized spacial score (nSPS) is 15.9. The van der Waals surface area contributed by atoms with Gasteiger partial charge in [-0.1, -0.05) is 31.5 Å². The molecule has 0 unspecified atom stereocenters. The van der Waals surface area contributed by atoms with E-state index in [-0.39, 0.29) is 17.8 Å². The molecule has 1 aromatic rings. The number of hydrogen-bond acceptors (Lipinski definition) is 3. The van der Waals surface area contributed by atoms with Crippen molar-refractivity contribution in [3.63, 3.8) is 0 Å². The van der Waals surface area contributed by atoms with Crippen LogP contribution in [-0.2, 0) is 9.53 Å². The Morgan fingerprint density at radius 3 is 2.55 bits per heavy atom. The van der Waals surface area contributed by atoms with Crippen molar-refractivity contribution in [1.82, 2.24) is 4.90 Å². The molecule has 0 N–H and O–H groups in total. The summed E-state index contributed by atoms with van der Waals surface area (Å²) in [6, 6.07) is 7.63. The van der Waals surface area contributed by atoms with Crippen LogP contribution in [0.2, 0.25) is 0 Å². The standard InChI is InChI=1S/C18H25NO3/c1-13(2)12-22-18(21)15-7-9-19(10-8-15)17(20)16-6-4-5-14(3)11-16/h4-6,11,13,15H,7-10,12H2,1-3H3. The first-order valence-electron chi connectivity index (χ1n) is 8.00. The molecule has 0 spiro atoms.